The number of hydrogen-bond acceptors (Lipinski definition) is 5. The van der Waals surface area contributed by atoms with Crippen molar-refractivity contribution < 1.29 is 24.9 Å². The minimum absolute atomic E-state index is 0.0452. The van der Waals surface area contributed by atoms with Gasteiger partial charge in [-0.25, -0.2) is 0 Å². The van der Waals surface area contributed by atoms with Crippen molar-refractivity contribution in [3.63, 3.8) is 0 Å². The topological polar surface area (TPSA) is 87.0 Å². The van der Waals surface area contributed by atoms with E-state index in [0.717, 1.165) is 6.42 Å². The third-order valence-corrected chi connectivity index (χ3v) is 4.30. The van der Waals surface area contributed by atoms with E-state index in [-0.39, 0.29) is 34.2 Å². The highest BCUT2D eigenvalue weighted by atomic mass is 16.5. The van der Waals surface area contributed by atoms with Crippen LogP contribution in [-0.4, -0.2) is 26.7 Å². The Morgan fingerprint density at radius 2 is 1.88 bits per heavy atom. The summed E-state index contributed by atoms with van der Waals surface area (Å²) in [4.78, 5) is 12.4. The summed E-state index contributed by atoms with van der Waals surface area (Å²) in [6, 6.07) is 7.53. The third-order valence-electron chi connectivity index (χ3n) is 4.30. The van der Waals surface area contributed by atoms with Crippen LogP contribution in [0.25, 0.3) is 6.08 Å². The van der Waals surface area contributed by atoms with Crippen molar-refractivity contribution >= 4 is 11.9 Å². The van der Waals surface area contributed by atoms with E-state index >= 15 is 0 Å². The summed E-state index contributed by atoms with van der Waals surface area (Å²) in [5, 5.41) is 29.2. The quantitative estimate of drug-likeness (QED) is 0.449. The number of ketones is 1. The van der Waals surface area contributed by atoms with E-state index in [0.29, 0.717) is 23.3 Å². The number of rotatable bonds is 3. The molecule has 0 aliphatic carbocycles. The molecule has 1 aliphatic rings. The number of phenols is 3. The standard InChI is InChI=1S/C20H20O5/c1-20(2)10-9-14-18(25-20)8-5-13(19(14)24)15(21)6-3-12-4-7-16(22)17(23)11-12/h3-8,11,22-24H,9-10H2,1-2H3. The van der Waals surface area contributed by atoms with Crippen molar-refractivity contribution in [3.05, 3.63) is 53.1 Å². The molecular formula is C20H20O5. The van der Waals surface area contributed by atoms with Crippen LogP contribution in [-0.2, 0) is 6.42 Å². The van der Waals surface area contributed by atoms with E-state index in [9.17, 15) is 20.1 Å². The molecule has 0 saturated carbocycles. The van der Waals surface area contributed by atoms with Crippen LogP contribution in [0.4, 0.5) is 0 Å². The van der Waals surface area contributed by atoms with Crippen LogP contribution >= 0.6 is 0 Å². The smallest absolute Gasteiger partial charge is 0.189 e. The number of phenolic OH excluding ortho intramolecular Hbond substituents is 3. The highest BCUT2D eigenvalue weighted by Crippen LogP contribution is 2.40. The van der Waals surface area contributed by atoms with Gasteiger partial charge in [-0.05, 0) is 62.6 Å². The Hall–Kier alpha value is -2.95. The number of allylic oxidation sites excluding steroid dienone is 1. The molecule has 0 aromatic heterocycles. The fourth-order valence-electron chi connectivity index (χ4n) is 2.83. The lowest BCUT2D eigenvalue weighted by Gasteiger charge is -2.33. The largest absolute Gasteiger partial charge is 0.507 e. The first-order chi connectivity index (χ1) is 11.8. The Kier molecular flexibility index (Phi) is 4.17. The van der Waals surface area contributed by atoms with E-state index in [2.05, 4.69) is 0 Å². The molecule has 1 aliphatic heterocycles. The first-order valence-corrected chi connectivity index (χ1v) is 8.05. The van der Waals surface area contributed by atoms with Crippen LogP contribution in [0.1, 0.15) is 41.8 Å². The molecule has 2 aromatic rings. The third kappa shape index (κ3) is 3.45. The van der Waals surface area contributed by atoms with Gasteiger partial charge < -0.3 is 20.1 Å². The predicted molar refractivity (Wildman–Crippen MR) is 94.3 cm³/mol. The lowest BCUT2D eigenvalue weighted by atomic mass is 9.91. The number of ether oxygens (including phenoxy) is 1. The van der Waals surface area contributed by atoms with Gasteiger partial charge in [-0.2, -0.15) is 0 Å². The molecule has 5 nitrogen and oxygen atoms in total. The summed E-state index contributed by atoms with van der Waals surface area (Å²) in [6.07, 6.45) is 4.24. The van der Waals surface area contributed by atoms with Crippen LogP contribution in [0.5, 0.6) is 23.0 Å². The summed E-state index contributed by atoms with van der Waals surface area (Å²) in [6.45, 7) is 3.98. The number of aromatic hydroxyl groups is 3. The van der Waals surface area contributed by atoms with Crippen molar-refractivity contribution in [2.45, 2.75) is 32.3 Å². The molecule has 0 amide bonds. The molecule has 130 valence electrons. The number of carbonyl (C=O) groups excluding carboxylic acids is 1. The number of hydrogen-bond donors (Lipinski definition) is 3. The fraction of sp³-hybridized carbons (Fsp3) is 0.250. The van der Waals surface area contributed by atoms with Crippen LogP contribution in [0.2, 0.25) is 0 Å². The van der Waals surface area contributed by atoms with E-state index in [1.165, 1.54) is 24.3 Å². The van der Waals surface area contributed by atoms with Gasteiger partial charge in [0.15, 0.2) is 17.3 Å². The van der Waals surface area contributed by atoms with Crippen LogP contribution in [0.3, 0.4) is 0 Å². The first kappa shape index (κ1) is 16.9. The van der Waals surface area contributed by atoms with Gasteiger partial charge in [0.2, 0.25) is 0 Å². The van der Waals surface area contributed by atoms with Gasteiger partial charge in [-0.1, -0.05) is 12.1 Å². The first-order valence-electron chi connectivity index (χ1n) is 8.05. The molecule has 25 heavy (non-hydrogen) atoms. The van der Waals surface area contributed by atoms with E-state index in [1.54, 1.807) is 18.2 Å². The monoisotopic (exact) mass is 340 g/mol. The second-order valence-corrected chi connectivity index (χ2v) is 6.75. The SMILES string of the molecule is CC1(C)CCc2c(ccc(C(=O)C=Cc3ccc(O)c(O)c3)c2O)O1. The second kappa shape index (κ2) is 6.16. The van der Waals surface area contributed by atoms with Gasteiger partial charge in [0.05, 0.1) is 5.56 Å². The molecule has 3 rings (SSSR count). The maximum atomic E-state index is 12.4. The predicted octanol–water partition coefficient (Wildman–Crippen LogP) is 3.80. The summed E-state index contributed by atoms with van der Waals surface area (Å²) in [5.41, 5.74) is 1.14. The maximum absolute atomic E-state index is 12.4. The Morgan fingerprint density at radius 3 is 2.60 bits per heavy atom. The average Bonchev–Trinajstić information content (AvgIpc) is 2.55. The average molecular weight is 340 g/mol. The fourth-order valence-corrected chi connectivity index (χ4v) is 2.83. The molecule has 0 saturated heterocycles. The molecule has 5 heteroatoms. The zero-order valence-corrected chi connectivity index (χ0v) is 14.1. The zero-order valence-electron chi connectivity index (χ0n) is 14.1. The van der Waals surface area contributed by atoms with Gasteiger partial charge in [0.1, 0.15) is 17.1 Å². The van der Waals surface area contributed by atoms with Crippen molar-refractivity contribution in [3.8, 4) is 23.0 Å². The Morgan fingerprint density at radius 1 is 1.12 bits per heavy atom. The summed E-state index contributed by atoms with van der Waals surface area (Å²) in [7, 11) is 0. The summed E-state index contributed by atoms with van der Waals surface area (Å²) < 4.78 is 5.85. The lowest BCUT2D eigenvalue weighted by Crippen LogP contribution is -2.32. The Balaban J connectivity index is 1.85. The van der Waals surface area contributed by atoms with Crippen LogP contribution < -0.4 is 4.74 Å². The Bertz CT molecular complexity index is 865. The van der Waals surface area contributed by atoms with Crippen molar-refractivity contribution in [1.29, 1.82) is 0 Å². The van der Waals surface area contributed by atoms with Crippen molar-refractivity contribution in [2.75, 3.05) is 0 Å². The molecule has 0 fully saturated rings. The number of carbonyl (C=O) groups is 1. The molecule has 2 aromatic carbocycles. The molecule has 3 N–H and O–H groups in total. The van der Waals surface area contributed by atoms with Gasteiger partial charge in [-0.15, -0.1) is 0 Å². The molecular weight excluding hydrogens is 320 g/mol. The zero-order chi connectivity index (χ0) is 18.2. The molecule has 0 radical (unpaired) electrons. The minimum atomic E-state index is -0.349. The molecule has 0 unspecified atom stereocenters. The van der Waals surface area contributed by atoms with E-state index < -0.39 is 0 Å². The van der Waals surface area contributed by atoms with Crippen LogP contribution in [0, 0.1) is 0 Å². The highest BCUT2D eigenvalue weighted by molar-refractivity contribution is 6.09. The minimum Gasteiger partial charge on any atom is -0.507 e. The normalized spacial score (nSPS) is 15.6. The summed E-state index contributed by atoms with van der Waals surface area (Å²) in [5.74, 6) is -0.267. The van der Waals surface area contributed by atoms with Crippen molar-refractivity contribution in [1.82, 2.24) is 0 Å². The van der Waals surface area contributed by atoms with E-state index in [1.807, 2.05) is 13.8 Å². The molecule has 1 heterocycles. The lowest BCUT2D eigenvalue weighted by molar-refractivity contribution is 0.0836. The van der Waals surface area contributed by atoms with E-state index in [4.69, 9.17) is 4.74 Å². The molecule has 0 bridgehead atoms. The Labute approximate surface area is 145 Å². The van der Waals surface area contributed by atoms with Gasteiger partial charge in [0, 0.05) is 5.56 Å². The number of fused-ring (bicyclic) bond motifs is 1. The second-order valence-electron chi connectivity index (χ2n) is 6.75. The molecule has 0 atom stereocenters. The van der Waals surface area contributed by atoms with Gasteiger partial charge in [-0.3, -0.25) is 4.79 Å². The summed E-state index contributed by atoms with van der Waals surface area (Å²) >= 11 is 0. The van der Waals surface area contributed by atoms with Crippen molar-refractivity contribution in [2.24, 2.45) is 0 Å². The number of benzene rings is 2. The molecule has 0 spiro atoms. The van der Waals surface area contributed by atoms with Crippen LogP contribution in [0.15, 0.2) is 36.4 Å². The van der Waals surface area contributed by atoms with Gasteiger partial charge >= 0.3 is 0 Å². The van der Waals surface area contributed by atoms with Gasteiger partial charge in [0.25, 0.3) is 0 Å². The maximum Gasteiger partial charge on any atom is 0.189 e. The highest BCUT2D eigenvalue weighted by Gasteiger charge is 2.29.